The molecule has 0 atom stereocenters. The molecule has 0 amide bonds. The minimum Gasteiger partial charge on any atom is -0.0929 e. The van der Waals surface area contributed by atoms with E-state index in [1.807, 2.05) is 36.4 Å². The Kier molecular flexibility index (Phi) is 7.91. The Morgan fingerprint density at radius 1 is 1.15 bits per heavy atom. The molecular weight excluding hydrogens is 226 g/mol. The Morgan fingerprint density at radius 3 is 2.00 bits per heavy atom. The molecule has 13 heavy (non-hydrogen) atoms. The van der Waals surface area contributed by atoms with Gasteiger partial charge in [-0.2, -0.15) is 0 Å². The number of halogens is 3. The molecule has 0 aliphatic rings. The summed E-state index contributed by atoms with van der Waals surface area (Å²) in [5.41, 5.74) is 2.64. The smallest absolute Gasteiger partial charge is 0.0929 e. The number of rotatable bonds is 1. The van der Waals surface area contributed by atoms with Crippen molar-refractivity contribution in [1.82, 2.24) is 0 Å². The summed E-state index contributed by atoms with van der Waals surface area (Å²) >= 11 is 15.0. The topological polar surface area (TPSA) is 0 Å². The number of hydrogen-bond donors (Lipinski definition) is 0. The Morgan fingerprint density at radius 2 is 1.62 bits per heavy atom. The molecule has 0 spiro atoms. The maximum Gasteiger partial charge on any atom is 0.0992 e. The summed E-state index contributed by atoms with van der Waals surface area (Å²) in [6.45, 7) is 3.09. The average molecular weight is 236 g/mol. The van der Waals surface area contributed by atoms with Crippen molar-refractivity contribution in [2.24, 2.45) is 0 Å². The van der Waals surface area contributed by atoms with Crippen LogP contribution in [0.1, 0.15) is 5.56 Å². The summed E-state index contributed by atoms with van der Waals surface area (Å²) in [4.78, 5) is 0. The molecular formula is C10H9Cl3. The van der Waals surface area contributed by atoms with Gasteiger partial charge in [0, 0.05) is 5.54 Å². The third-order valence-electron chi connectivity index (χ3n) is 1.06. The summed E-state index contributed by atoms with van der Waals surface area (Å²) in [5.74, 6) is 0. The monoisotopic (exact) mass is 234 g/mol. The molecule has 0 N–H and O–H groups in total. The molecule has 1 aromatic carbocycles. The van der Waals surface area contributed by atoms with Crippen LogP contribution in [0.15, 0.2) is 46.9 Å². The van der Waals surface area contributed by atoms with Crippen LogP contribution in [-0.4, -0.2) is 0 Å². The second kappa shape index (κ2) is 8.18. The number of hydrogen-bond acceptors (Lipinski definition) is 0. The van der Waals surface area contributed by atoms with Gasteiger partial charge in [0.1, 0.15) is 0 Å². The van der Waals surface area contributed by atoms with Crippen molar-refractivity contribution in [1.29, 1.82) is 0 Å². The van der Waals surface area contributed by atoms with Gasteiger partial charge in [0.25, 0.3) is 0 Å². The van der Waals surface area contributed by atoms with Crippen molar-refractivity contribution in [2.75, 3.05) is 0 Å². The first-order valence-electron chi connectivity index (χ1n) is 3.48. The molecule has 0 fully saturated rings. The first-order valence-corrected chi connectivity index (χ1v) is 4.67. The Bertz CT molecular complexity index is 261. The molecule has 0 saturated heterocycles. The van der Waals surface area contributed by atoms with Crippen LogP contribution in [0.3, 0.4) is 0 Å². The minimum absolute atomic E-state index is 0.111. The van der Waals surface area contributed by atoms with Crippen molar-refractivity contribution < 1.29 is 0 Å². The first kappa shape index (κ1) is 12.6. The molecule has 0 aliphatic heterocycles. The third kappa shape index (κ3) is 9.48. The molecule has 0 nitrogen and oxygen atoms in total. The Hall–Kier alpha value is -0.430. The highest BCUT2D eigenvalue weighted by Gasteiger charge is 1.78. The van der Waals surface area contributed by atoms with Gasteiger partial charge in [-0.05, 0) is 11.6 Å². The first-order chi connectivity index (χ1) is 6.16. The van der Waals surface area contributed by atoms with E-state index in [0.717, 1.165) is 5.56 Å². The summed E-state index contributed by atoms with van der Waals surface area (Å²) in [6, 6.07) is 9.93. The standard InChI is InChI=1S/C8H7Cl.C2H2Cl2/c9-7-6-8-4-2-1-3-5-8;1-2(3)4/h1-7H;1H2. The highest BCUT2D eigenvalue weighted by Crippen LogP contribution is 2.00. The van der Waals surface area contributed by atoms with Gasteiger partial charge in [0.05, 0.1) is 4.49 Å². The Labute approximate surface area is 93.4 Å². The number of benzene rings is 1. The van der Waals surface area contributed by atoms with Gasteiger partial charge in [-0.15, -0.1) is 0 Å². The molecule has 0 bridgehead atoms. The normalized spacial score (nSPS) is 9.15. The summed E-state index contributed by atoms with van der Waals surface area (Å²) in [5, 5.41) is 0. The molecule has 0 aromatic heterocycles. The summed E-state index contributed by atoms with van der Waals surface area (Å²) in [7, 11) is 0. The second-order valence-corrected chi connectivity index (χ2v) is 3.40. The van der Waals surface area contributed by atoms with E-state index in [-0.39, 0.29) is 4.49 Å². The SMILES string of the molecule is C=C(Cl)Cl.ClC=Cc1ccccc1. The van der Waals surface area contributed by atoms with Gasteiger partial charge in [-0.3, -0.25) is 0 Å². The van der Waals surface area contributed by atoms with Crippen LogP contribution < -0.4 is 0 Å². The van der Waals surface area contributed by atoms with Crippen molar-refractivity contribution in [3.63, 3.8) is 0 Å². The van der Waals surface area contributed by atoms with E-state index in [4.69, 9.17) is 34.8 Å². The fourth-order valence-electron chi connectivity index (χ4n) is 0.637. The van der Waals surface area contributed by atoms with Crippen LogP contribution in [0.5, 0.6) is 0 Å². The van der Waals surface area contributed by atoms with E-state index >= 15 is 0 Å². The lowest BCUT2D eigenvalue weighted by atomic mass is 10.2. The van der Waals surface area contributed by atoms with E-state index in [9.17, 15) is 0 Å². The fourth-order valence-corrected chi connectivity index (χ4v) is 0.782. The average Bonchev–Trinajstić information content (AvgIpc) is 2.06. The minimum atomic E-state index is 0.111. The van der Waals surface area contributed by atoms with Gasteiger partial charge in [-0.1, -0.05) is 71.7 Å². The molecule has 1 aromatic rings. The summed E-state index contributed by atoms with van der Waals surface area (Å²) in [6.07, 6.45) is 1.85. The lowest BCUT2D eigenvalue weighted by molar-refractivity contribution is 1.66. The van der Waals surface area contributed by atoms with Crippen molar-refractivity contribution in [3.05, 3.63) is 52.5 Å². The van der Waals surface area contributed by atoms with E-state index in [0.29, 0.717) is 0 Å². The predicted molar refractivity (Wildman–Crippen MR) is 62.2 cm³/mol. The van der Waals surface area contributed by atoms with Gasteiger partial charge in [0.2, 0.25) is 0 Å². The van der Waals surface area contributed by atoms with E-state index in [1.54, 1.807) is 0 Å². The van der Waals surface area contributed by atoms with Crippen molar-refractivity contribution in [3.8, 4) is 0 Å². The molecule has 3 heteroatoms. The molecule has 1 rings (SSSR count). The lowest BCUT2D eigenvalue weighted by Gasteiger charge is -1.86. The second-order valence-electron chi connectivity index (χ2n) is 2.04. The van der Waals surface area contributed by atoms with Crippen LogP contribution in [0.25, 0.3) is 6.08 Å². The molecule has 0 unspecified atom stereocenters. The molecule has 0 aliphatic carbocycles. The van der Waals surface area contributed by atoms with Crippen LogP contribution in [0, 0.1) is 0 Å². The fraction of sp³-hybridized carbons (Fsp3) is 0. The van der Waals surface area contributed by atoms with Crippen LogP contribution in [-0.2, 0) is 0 Å². The van der Waals surface area contributed by atoms with E-state index in [1.165, 1.54) is 5.54 Å². The zero-order valence-corrected chi connectivity index (χ0v) is 9.15. The van der Waals surface area contributed by atoms with E-state index < -0.39 is 0 Å². The van der Waals surface area contributed by atoms with Crippen molar-refractivity contribution in [2.45, 2.75) is 0 Å². The van der Waals surface area contributed by atoms with Gasteiger partial charge in [0.15, 0.2) is 0 Å². The van der Waals surface area contributed by atoms with Crippen LogP contribution in [0.4, 0.5) is 0 Å². The predicted octanol–water partition coefficient (Wildman–Crippen LogP) is 4.83. The Balaban J connectivity index is 0.000000310. The summed E-state index contributed by atoms with van der Waals surface area (Å²) < 4.78 is 0.111. The van der Waals surface area contributed by atoms with E-state index in [2.05, 4.69) is 6.58 Å². The van der Waals surface area contributed by atoms with Gasteiger partial charge in [-0.25, -0.2) is 0 Å². The van der Waals surface area contributed by atoms with Gasteiger partial charge < -0.3 is 0 Å². The highest BCUT2D eigenvalue weighted by atomic mass is 35.5. The van der Waals surface area contributed by atoms with Gasteiger partial charge >= 0.3 is 0 Å². The zero-order valence-electron chi connectivity index (χ0n) is 6.88. The quantitative estimate of drug-likeness (QED) is 0.654. The molecule has 0 saturated carbocycles. The highest BCUT2D eigenvalue weighted by molar-refractivity contribution is 6.55. The maximum atomic E-state index is 5.36. The lowest BCUT2D eigenvalue weighted by Crippen LogP contribution is -1.64. The molecule has 70 valence electrons. The molecule has 0 heterocycles. The maximum absolute atomic E-state index is 5.36. The van der Waals surface area contributed by atoms with Crippen LogP contribution >= 0.6 is 34.8 Å². The third-order valence-corrected chi connectivity index (χ3v) is 1.18. The van der Waals surface area contributed by atoms with Crippen LogP contribution in [0.2, 0.25) is 0 Å². The zero-order chi connectivity index (χ0) is 10.1. The molecule has 0 radical (unpaired) electrons. The van der Waals surface area contributed by atoms with Crippen molar-refractivity contribution >= 4 is 40.9 Å². The largest absolute Gasteiger partial charge is 0.0992 e.